The van der Waals surface area contributed by atoms with E-state index < -0.39 is 0 Å². The van der Waals surface area contributed by atoms with Crippen LogP contribution in [0.25, 0.3) is 11.2 Å². The van der Waals surface area contributed by atoms with Crippen molar-refractivity contribution in [2.24, 2.45) is 0 Å². The van der Waals surface area contributed by atoms with Crippen molar-refractivity contribution in [3.8, 4) is 5.75 Å². The van der Waals surface area contributed by atoms with E-state index in [-0.39, 0.29) is 6.10 Å². The van der Waals surface area contributed by atoms with Crippen molar-refractivity contribution >= 4 is 11.2 Å². The average Bonchev–Trinajstić information content (AvgIpc) is 3.19. The van der Waals surface area contributed by atoms with Crippen LogP contribution in [0.15, 0.2) is 42.6 Å². The number of aromatic hydroxyl groups is 1. The summed E-state index contributed by atoms with van der Waals surface area (Å²) in [6.07, 6.45) is 4.77. The quantitative estimate of drug-likeness (QED) is 0.805. The fourth-order valence-corrected chi connectivity index (χ4v) is 3.15. The van der Waals surface area contributed by atoms with Crippen LogP contribution in [0, 0.1) is 0 Å². The van der Waals surface area contributed by atoms with Crippen LogP contribution in [0.3, 0.4) is 0 Å². The predicted molar refractivity (Wildman–Crippen MR) is 87.4 cm³/mol. The first-order valence-electron chi connectivity index (χ1n) is 8.00. The van der Waals surface area contributed by atoms with Gasteiger partial charge in [-0.1, -0.05) is 18.2 Å². The highest BCUT2D eigenvalue weighted by Crippen LogP contribution is 2.24. The molecule has 3 aromatic rings. The lowest BCUT2D eigenvalue weighted by molar-refractivity contribution is 0.0971. The largest absolute Gasteiger partial charge is 0.508 e. The number of phenolic OH excluding ortho intramolecular Hbond substituents is 1. The zero-order valence-electron chi connectivity index (χ0n) is 12.9. The molecule has 5 heteroatoms. The third kappa shape index (κ3) is 2.80. The zero-order valence-corrected chi connectivity index (χ0v) is 12.9. The van der Waals surface area contributed by atoms with E-state index in [2.05, 4.69) is 9.55 Å². The molecule has 1 atom stereocenters. The molecule has 23 heavy (non-hydrogen) atoms. The molecule has 1 N–H and O–H groups in total. The van der Waals surface area contributed by atoms with Gasteiger partial charge in [0.1, 0.15) is 17.1 Å². The van der Waals surface area contributed by atoms with E-state index >= 15 is 0 Å². The second kappa shape index (κ2) is 6.01. The van der Waals surface area contributed by atoms with Gasteiger partial charge in [-0.05, 0) is 31.0 Å². The Morgan fingerprint density at radius 1 is 1.22 bits per heavy atom. The molecule has 1 aliphatic rings. The van der Waals surface area contributed by atoms with E-state index in [0.29, 0.717) is 12.2 Å². The molecule has 0 aliphatic carbocycles. The Morgan fingerprint density at radius 2 is 2.13 bits per heavy atom. The second-order valence-corrected chi connectivity index (χ2v) is 5.93. The molecule has 0 saturated carbocycles. The molecule has 1 fully saturated rings. The number of rotatable bonds is 4. The second-order valence-electron chi connectivity index (χ2n) is 5.93. The fourth-order valence-electron chi connectivity index (χ4n) is 3.15. The number of imidazole rings is 1. The molecule has 2 aromatic heterocycles. The monoisotopic (exact) mass is 309 g/mol. The number of hydrogen-bond donors (Lipinski definition) is 1. The standard InChI is InChI=1S/C18H19N3O2/c22-16-8-2-1-5-13(16)11-17-20-15-7-3-9-19-18(15)21(17)12-14-6-4-10-23-14/h1-3,5,7-9,14,22H,4,6,10-12H2. The lowest BCUT2D eigenvalue weighted by Gasteiger charge is -2.14. The van der Waals surface area contributed by atoms with Crippen LogP contribution in [0.5, 0.6) is 5.75 Å². The lowest BCUT2D eigenvalue weighted by atomic mass is 10.1. The summed E-state index contributed by atoms with van der Waals surface area (Å²) >= 11 is 0. The average molecular weight is 309 g/mol. The molecule has 1 unspecified atom stereocenters. The van der Waals surface area contributed by atoms with Gasteiger partial charge in [0.25, 0.3) is 0 Å². The lowest BCUT2D eigenvalue weighted by Crippen LogP contribution is -2.17. The number of nitrogens with zero attached hydrogens (tertiary/aromatic N) is 3. The van der Waals surface area contributed by atoms with Crippen molar-refractivity contribution in [1.29, 1.82) is 0 Å². The van der Waals surface area contributed by atoms with E-state index in [1.54, 1.807) is 12.3 Å². The number of fused-ring (bicyclic) bond motifs is 1. The summed E-state index contributed by atoms with van der Waals surface area (Å²) in [6.45, 7) is 1.59. The van der Waals surface area contributed by atoms with Gasteiger partial charge in [-0.15, -0.1) is 0 Å². The number of aromatic nitrogens is 3. The molecule has 0 bridgehead atoms. The maximum absolute atomic E-state index is 10.0. The van der Waals surface area contributed by atoms with Gasteiger partial charge in [0.2, 0.25) is 0 Å². The summed E-state index contributed by atoms with van der Waals surface area (Å²) in [5.74, 6) is 1.21. The van der Waals surface area contributed by atoms with Crippen molar-refractivity contribution in [2.75, 3.05) is 6.61 Å². The van der Waals surface area contributed by atoms with Gasteiger partial charge in [-0.2, -0.15) is 0 Å². The van der Waals surface area contributed by atoms with Crippen LogP contribution in [-0.2, 0) is 17.7 Å². The topological polar surface area (TPSA) is 60.2 Å². The van der Waals surface area contributed by atoms with E-state index in [1.165, 1.54) is 0 Å². The maximum atomic E-state index is 10.0. The Kier molecular flexibility index (Phi) is 3.71. The van der Waals surface area contributed by atoms with Gasteiger partial charge in [0.05, 0.1) is 12.6 Å². The first-order valence-corrected chi connectivity index (χ1v) is 8.00. The molecule has 0 amide bonds. The van der Waals surface area contributed by atoms with Crippen molar-refractivity contribution in [2.45, 2.75) is 31.9 Å². The highest BCUT2D eigenvalue weighted by Gasteiger charge is 2.20. The van der Waals surface area contributed by atoms with Crippen LogP contribution >= 0.6 is 0 Å². The fraction of sp³-hybridized carbons (Fsp3) is 0.333. The third-order valence-corrected chi connectivity index (χ3v) is 4.33. The number of ether oxygens (including phenoxy) is 1. The molecular weight excluding hydrogens is 290 g/mol. The summed E-state index contributed by atoms with van der Waals surface area (Å²) < 4.78 is 7.92. The molecule has 5 nitrogen and oxygen atoms in total. The van der Waals surface area contributed by atoms with Crippen LogP contribution in [0.4, 0.5) is 0 Å². The highest BCUT2D eigenvalue weighted by atomic mass is 16.5. The van der Waals surface area contributed by atoms with E-state index in [0.717, 1.165) is 48.5 Å². The van der Waals surface area contributed by atoms with Gasteiger partial charge in [0, 0.05) is 24.8 Å². The van der Waals surface area contributed by atoms with Gasteiger partial charge in [-0.3, -0.25) is 0 Å². The van der Waals surface area contributed by atoms with Crippen molar-refractivity contribution < 1.29 is 9.84 Å². The molecule has 1 aromatic carbocycles. The van der Waals surface area contributed by atoms with Gasteiger partial charge < -0.3 is 14.4 Å². The molecule has 1 saturated heterocycles. The number of benzene rings is 1. The Balaban J connectivity index is 1.73. The third-order valence-electron chi connectivity index (χ3n) is 4.33. The van der Waals surface area contributed by atoms with Crippen LogP contribution in [0.2, 0.25) is 0 Å². The van der Waals surface area contributed by atoms with Crippen molar-refractivity contribution in [3.05, 3.63) is 54.0 Å². The summed E-state index contributed by atoms with van der Waals surface area (Å²) in [5.41, 5.74) is 2.64. The SMILES string of the molecule is Oc1ccccc1Cc1nc2cccnc2n1CC1CCCO1. The minimum absolute atomic E-state index is 0.220. The molecule has 1 aliphatic heterocycles. The molecule has 0 spiro atoms. The maximum Gasteiger partial charge on any atom is 0.160 e. The minimum atomic E-state index is 0.220. The first-order chi connectivity index (χ1) is 11.3. The number of phenols is 1. The first kappa shape index (κ1) is 14.2. The summed E-state index contributed by atoms with van der Waals surface area (Å²) in [6, 6.07) is 11.3. The van der Waals surface area contributed by atoms with Crippen molar-refractivity contribution in [1.82, 2.24) is 14.5 Å². The Hall–Kier alpha value is -2.40. The predicted octanol–water partition coefficient (Wildman–Crippen LogP) is 2.91. The number of para-hydroxylation sites is 1. The molecule has 0 radical (unpaired) electrons. The summed E-state index contributed by atoms with van der Waals surface area (Å²) in [4.78, 5) is 9.22. The molecular formula is C18H19N3O2. The van der Waals surface area contributed by atoms with Crippen LogP contribution < -0.4 is 0 Å². The van der Waals surface area contributed by atoms with Gasteiger partial charge in [0.15, 0.2) is 5.65 Å². The van der Waals surface area contributed by atoms with E-state index in [1.807, 2.05) is 30.3 Å². The number of hydrogen-bond acceptors (Lipinski definition) is 4. The Labute approximate surface area is 134 Å². The van der Waals surface area contributed by atoms with Gasteiger partial charge >= 0.3 is 0 Å². The molecule has 118 valence electrons. The summed E-state index contributed by atoms with van der Waals surface area (Å²) in [5, 5.41) is 10.0. The summed E-state index contributed by atoms with van der Waals surface area (Å²) in [7, 11) is 0. The van der Waals surface area contributed by atoms with Gasteiger partial charge in [-0.25, -0.2) is 9.97 Å². The Morgan fingerprint density at radius 3 is 2.96 bits per heavy atom. The zero-order chi connectivity index (χ0) is 15.6. The highest BCUT2D eigenvalue weighted by molar-refractivity contribution is 5.71. The van der Waals surface area contributed by atoms with E-state index in [4.69, 9.17) is 9.72 Å². The number of pyridine rings is 1. The van der Waals surface area contributed by atoms with Crippen LogP contribution in [0.1, 0.15) is 24.2 Å². The van der Waals surface area contributed by atoms with Crippen molar-refractivity contribution in [3.63, 3.8) is 0 Å². The Bertz CT molecular complexity index is 822. The van der Waals surface area contributed by atoms with E-state index in [9.17, 15) is 5.11 Å². The normalized spacial score (nSPS) is 17.8. The molecule has 4 rings (SSSR count). The molecule has 3 heterocycles. The smallest absolute Gasteiger partial charge is 0.160 e. The van der Waals surface area contributed by atoms with Crippen LogP contribution in [-0.4, -0.2) is 32.4 Å². The minimum Gasteiger partial charge on any atom is -0.508 e.